The molecular formula is C20H14OS2. The summed E-state index contributed by atoms with van der Waals surface area (Å²) in [5, 5.41) is 1.64. The van der Waals surface area contributed by atoms with Crippen molar-refractivity contribution in [1.29, 1.82) is 0 Å². The van der Waals surface area contributed by atoms with Gasteiger partial charge in [0, 0.05) is 30.0 Å². The molecule has 0 N–H and O–H groups in total. The van der Waals surface area contributed by atoms with Gasteiger partial charge in [-0.3, -0.25) is 4.79 Å². The second kappa shape index (κ2) is 5.84. The summed E-state index contributed by atoms with van der Waals surface area (Å²) >= 11 is 3.37. The lowest BCUT2D eigenvalue weighted by molar-refractivity contribution is 1.42. The first kappa shape index (κ1) is 14.5. The lowest BCUT2D eigenvalue weighted by Crippen LogP contribution is -2.01. The van der Waals surface area contributed by atoms with Gasteiger partial charge >= 0.3 is 0 Å². The molecule has 0 radical (unpaired) electrons. The van der Waals surface area contributed by atoms with E-state index >= 15 is 0 Å². The maximum Gasteiger partial charge on any atom is 0.195 e. The number of rotatable bonds is 2. The van der Waals surface area contributed by atoms with Gasteiger partial charge in [-0.05, 0) is 49.4 Å². The van der Waals surface area contributed by atoms with Gasteiger partial charge in [-0.15, -0.1) is 11.3 Å². The standard InChI is InChI=1S/C20H14OS2/c1-13-7-9-18-16(11-13)20(21)17-12-15(8-10-19(17)23-18)22-14-5-3-2-4-6-14/h2-12H,1H3. The molecule has 112 valence electrons. The molecule has 1 aromatic heterocycles. The highest BCUT2D eigenvalue weighted by Gasteiger charge is 2.08. The second-order valence-electron chi connectivity index (χ2n) is 5.50. The van der Waals surface area contributed by atoms with Crippen molar-refractivity contribution in [2.24, 2.45) is 0 Å². The largest absolute Gasteiger partial charge is 0.289 e. The number of fused-ring (bicyclic) bond motifs is 2. The predicted molar refractivity (Wildman–Crippen MR) is 101 cm³/mol. The summed E-state index contributed by atoms with van der Waals surface area (Å²) in [5.41, 5.74) is 1.25. The number of hydrogen-bond donors (Lipinski definition) is 0. The van der Waals surface area contributed by atoms with Crippen LogP contribution >= 0.6 is 23.1 Å². The van der Waals surface area contributed by atoms with E-state index in [1.54, 1.807) is 23.1 Å². The van der Waals surface area contributed by atoms with Crippen molar-refractivity contribution in [3.8, 4) is 0 Å². The first-order chi connectivity index (χ1) is 11.2. The molecule has 0 bridgehead atoms. The molecule has 23 heavy (non-hydrogen) atoms. The van der Waals surface area contributed by atoms with Gasteiger partial charge in [-0.2, -0.15) is 0 Å². The zero-order valence-corrected chi connectivity index (χ0v) is 14.2. The molecule has 0 fully saturated rings. The fourth-order valence-electron chi connectivity index (χ4n) is 2.64. The van der Waals surface area contributed by atoms with Crippen LogP contribution in [0.15, 0.2) is 81.3 Å². The normalized spacial score (nSPS) is 11.2. The molecule has 4 aromatic rings. The minimum absolute atomic E-state index is 0.132. The molecule has 1 heterocycles. The molecule has 0 aliphatic carbocycles. The predicted octanol–water partition coefficient (Wildman–Crippen LogP) is 5.87. The van der Waals surface area contributed by atoms with Crippen LogP contribution in [0.1, 0.15) is 5.56 Å². The molecular weight excluding hydrogens is 320 g/mol. The quantitative estimate of drug-likeness (QED) is 0.426. The number of aryl methyl sites for hydroxylation is 1. The molecule has 3 aromatic carbocycles. The Labute approximate surface area is 142 Å². The van der Waals surface area contributed by atoms with E-state index in [0.717, 1.165) is 30.6 Å². The lowest BCUT2D eigenvalue weighted by Gasteiger charge is -2.05. The van der Waals surface area contributed by atoms with E-state index in [1.165, 1.54) is 4.90 Å². The fraction of sp³-hybridized carbons (Fsp3) is 0.0500. The molecule has 0 aliphatic rings. The minimum atomic E-state index is 0.132. The van der Waals surface area contributed by atoms with Gasteiger partial charge in [0.1, 0.15) is 0 Å². The monoisotopic (exact) mass is 334 g/mol. The summed E-state index contributed by atoms with van der Waals surface area (Å²) in [6.45, 7) is 2.02. The van der Waals surface area contributed by atoms with Gasteiger partial charge < -0.3 is 0 Å². The summed E-state index contributed by atoms with van der Waals surface area (Å²) in [5.74, 6) is 0. The van der Waals surface area contributed by atoms with Crippen LogP contribution in [0.25, 0.3) is 20.2 Å². The lowest BCUT2D eigenvalue weighted by atomic mass is 10.1. The van der Waals surface area contributed by atoms with Crippen molar-refractivity contribution < 1.29 is 0 Å². The van der Waals surface area contributed by atoms with Crippen molar-refractivity contribution in [3.63, 3.8) is 0 Å². The summed E-state index contributed by atoms with van der Waals surface area (Å²) in [4.78, 5) is 15.1. The Bertz CT molecular complexity index is 1070. The third kappa shape index (κ3) is 2.78. The molecule has 0 atom stereocenters. The molecule has 0 aliphatic heterocycles. The van der Waals surface area contributed by atoms with E-state index in [2.05, 4.69) is 30.3 Å². The van der Waals surface area contributed by atoms with Gasteiger partial charge in [0.25, 0.3) is 0 Å². The Kier molecular flexibility index (Phi) is 3.68. The third-order valence-corrected chi connectivity index (χ3v) is 5.92. The van der Waals surface area contributed by atoms with E-state index in [-0.39, 0.29) is 5.43 Å². The average Bonchev–Trinajstić information content (AvgIpc) is 2.57. The second-order valence-corrected chi connectivity index (χ2v) is 7.73. The van der Waals surface area contributed by atoms with Crippen LogP contribution in [0.4, 0.5) is 0 Å². The Morgan fingerprint density at radius 2 is 1.48 bits per heavy atom. The summed E-state index contributed by atoms with van der Waals surface area (Å²) in [6.07, 6.45) is 0. The average molecular weight is 334 g/mol. The van der Waals surface area contributed by atoms with Crippen LogP contribution in [0.2, 0.25) is 0 Å². The zero-order valence-electron chi connectivity index (χ0n) is 12.6. The van der Waals surface area contributed by atoms with Gasteiger partial charge in [0.2, 0.25) is 0 Å². The highest BCUT2D eigenvalue weighted by Crippen LogP contribution is 2.32. The van der Waals surface area contributed by atoms with Gasteiger partial charge in [0.05, 0.1) is 0 Å². The molecule has 0 amide bonds. The highest BCUT2D eigenvalue weighted by molar-refractivity contribution is 7.99. The van der Waals surface area contributed by atoms with Crippen molar-refractivity contribution in [1.82, 2.24) is 0 Å². The fourth-order valence-corrected chi connectivity index (χ4v) is 4.55. The van der Waals surface area contributed by atoms with Crippen molar-refractivity contribution in [2.75, 3.05) is 0 Å². The van der Waals surface area contributed by atoms with Crippen LogP contribution in [-0.2, 0) is 0 Å². The zero-order chi connectivity index (χ0) is 15.8. The van der Waals surface area contributed by atoms with Crippen molar-refractivity contribution in [2.45, 2.75) is 16.7 Å². The van der Waals surface area contributed by atoms with Gasteiger partial charge in [-0.25, -0.2) is 0 Å². The van der Waals surface area contributed by atoms with E-state index in [9.17, 15) is 4.79 Å². The summed E-state index contributed by atoms with van der Waals surface area (Å²) < 4.78 is 2.10. The topological polar surface area (TPSA) is 17.1 Å². The molecule has 0 saturated heterocycles. The molecule has 1 nitrogen and oxygen atoms in total. The van der Waals surface area contributed by atoms with Crippen LogP contribution in [0, 0.1) is 6.92 Å². The van der Waals surface area contributed by atoms with Gasteiger partial charge in [-0.1, -0.05) is 41.6 Å². The van der Waals surface area contributed by atoms with Gasteiger partial charge in [0.15, 0.2) is 5.43 Å². The smallest absolute Gasteiger partial charge is 0.195 e. The molecule has 0 saturated carbocycles. The highest BCUT2D eigenvalue weighted by atomic mass is 32.2. The van der Waals surface area contributed by atoms with Crippen LogP contribution in [0.5, 0.6) is 0 Å². The van der Waals surface area contributed by atoms with E-state index < -0.39 is 0 Å². The van der Waals surface area contributed by atoms with Crippen LogP contribution in [0.3, 0.4) is 0 Å². The first-order valence-electron chi connectivity index (χ1n) is 7.41. The van der Waals surface area contributed by atoms with E-state index in [1.807, 2.05) is 43.3 Å². The maximum atomic E-state index is 12.8. The van der Waals surface area contributed by atoms with Crippen molar-refractivity contribution in [3.05, 3.63) is 82.5 Å². The van der Waals surface area contributed by atoms with Crippen molar-refractivity contribution >= 4 is 43.3 Å². The van der Waals surface area contributed by atoms with Crippen LogP contribution < -0.4 is 5.43 Å². The van der Waals surface area contributed by atoms with Crippen LogP contribution in [-0.4, -0.2) is 0 Å². The van der Waals surface area contributed by atoms with E-state index in [4.69, 9.17) is 0 Å². The Balaban J connectivity index is 1.89. The number of benzene rings is 3. The Morgan fingerprint density at radius 3 is 2.26 bits per heavy atom. The Hall–Kier alpha value is -2.10. The molecule has 0 spiro atoms. The maximum absolute atomic E-state index is 12.8. The molecule has 4 rings (SSSR count). The first-order valence-corrected chi connectivity index (χ1v) is 9.04. The van der Waals surface area contributed by atoms with E-state index in [0.29, 0.717) is 0 Å². The minimum Gasteiger partial charge on any atom is -0.289 e. The summed E-state index contributed by atoms with van der Waals surface area (Å²) in [7, 11) is 0. The third-order valence-electron chi connectivity index (χ3n) is 3.77. The summed E-state index contributed by atoms with van der Waals surface area (Å²) in [6, 6.07) is 22.5. The Morgan fingerprint density at radius 1 is 0.783 bits per heavy atom. The SMILES string of the molecule is Cc1ccc2sc3ccc(Sc4ccccc4)cc3c(=O)c2c1. The molecule has 0 unspecified atom stereocenters. The number of hydrogen-bond acceptors (Lipinski definition) is 3. The molecule has 3 heteroatoms.